The first-order valence-corrected chi connectivity index (χ1v) is 5.26. The Labute approximate surface area is 79.5 Å². The van der Waals surface area contributed by atoms with E-state index in [1.807, 2.05) is 4.90 Å². The molecule has 74 valence electrons. The van der Waals surface area contributed by atoms with Gasteiger partial charge in [0, 0.05) is 26.1 Å². The van der Waals surface area contributed by atoms with Crippen LogP contribution >= 0.6 is 0 Å². The molecule has 1 amide bonds. The highest BCUT2D eigenvalue weighted by atomic mass is 16.2. The summed E-state index contributed by atoms with van der Waals surface area (Å²) in [5, 5.41) is 3.53. The molecule has 0 radical (unpaired) electrons. The number of carbonyl (C=O) groups is 1. The highest BCUT2D eigenvalue weighted by molar-refractivity contribution is 5.73. The Morgan fingerprint density at radius 3 is 3.00 bits per heavy atom. The van der Waals surface area contributed by atoms with Crippen molar-refractivity contribution >= 4 is 5.91 Å². The number of rotatable bonds is 0. The molecular weight excluding hydrogens is 164 g/mol. The third-order valence-electron chi connectivity index (χ3n) is 3.29. The van der Waals surface area contributed by atoms with Crippen molar-refractivity contribution in [3.63, 3.8) is 0 Å². The molecule has 2 saturated heterocycles. The minimum absolute atomic E-state index is 0.231. The van der Waals surface area contributed by atoms with Crippen LogP contribution in [0.15, 0.2) is 0 Å². The van der Waals surface area contributed by atoms with Crippen molar-refractivity contribution in [2.45, 2.75) is 32.2 Å². The van der Waals surface area contributed by atoms with E-state index in [2.05, 4.69) is 5.32 Å². The molecule has 0 aromatic carbocycles. The minimum atomic E-state index is 0.231. The Balaban J connectivity index is 1.97. The molecule has 2 fully saturated rings. The van der Waals surface area contributed by atoms with Crippen LogP contribution in [0, 0.1) is 5.92 Å². The van der Waals surface area contributed by atoms with E-state index in [0.717, 1.165) is 19.6 Å². The number of nitrogens with zero attached hydrogens (tertiary/aromatic N) is 1. The molecule has 2 rings (SSSR count). The summed E-state index contributed by atoms with van der Waals surface area (Å²) in [6.07, 6.45) is 3.91. The maximum atomic E-state index is 11.2. The van der Waals surface area contributed by atoms with E-state index in [1.165, 1.54) is 19.3 Å². The zero-order chi connectivity index (χ0) is 9.26. The average molecular weight is 182 g/mol. The van der Waals surface area contributed by atoms with E-state index in [9.17, 15) is 4.79 Å². The Bertz CT molecular complexity index is 191. The molecule has 2 aliphatic heterocycles. The molecule has 2 atom stereocenters. The molecule has 3 nitrogen and oxygen atoms in total. The predicted octanol–water partition coefficient (Wildman–Crippen LogP) is 0.607. The molecule has 2 heterocycles. The van der Waals surface area contributed by atoms with Crippen molar-refractivity contribution in [1.82, 2.24) is 10.2 Å². The van der Waals surface area contributed by atoms with Crippen LogP contribution in [0.5, 0.6) is 0 Å². The first-order chi connectivity index (χ1) is 6.27. The van der Waals surface area contributed by atoms with Gasteiger partial charge in [0.25, 0.3) is 0 Å². The van der Waals surface area contributed by atoms with Gasteiger partial charge in [0.2, 0.25) is 5.91 Å². The van der Waals surface area contributed by atoms with Crippen LogP contribution in [0.3, 0.4) is 0 Å². The predicted molar refractivity (Wildman–Crippen MR) is 51.4 cm³/mol. The molecular formula is C10H18N2O. The number of hydrogen-bond acceptors (Lipinski definition) is 2. The fourth-order valence-electron chi connectivity index (χ4n) is 2.47. The Kier molecular flexibility index (Phi) is 2.54. The van der Waals surface area contributed by atoms with E-state index in [0.29, 0.717) is 12.0 Å². The SMILES string of the molecule is CC(=O)N1C[C@@H]2CCCCN[C@@H]2C1. The maximum Gasteiger partial charge on any atom is 0.219 e. The average Bonchev–Trinajstić information content (AvgIpc) is 2.38. The van der Waals surface area contributed by atoms with Gasteiger partial charge in [-0.1, -0.05) is 6.42 Å². The lowest BCUT2D eigenvalue weighted by Crippen LogP contribution is -2.35. The molecule has 13 heavy (non-hydrogen) atoms. The van der Waals surface area contributed by atoms with Gasteiger partial charge in [0.15, 0.2) is 0 Å². The van der Waals surface area contributed by atoms with E-state index < -0.39 is 0 Å². The second-order valence-electron chi connectivity index (χ2n) is 4.24. The zero-order valence-electron chi connectivity index (χ0n) is 8.25. The second-order valence-corrected chi connectivity index (χ2v) is 4.24. The quantitative estimate of drug-likeness (QED) is 0.595. The standard InChI is InChI=1S/C10H18N2O/c1-8(13)12-6-9-4-2-3-5-11-10(9)7-12/h9-11H,2-7H2,1H3/t9-,10+/m0/s1. The molecule has 1 N–H and O–H groups in total. The van der Waals surface area contributed by atoms with Crippen molar-refractivity contribution in [2.75, 3.05) is 19.6 Å². The normalized spacial score (nSPS) is 34.1. The van der Waals surface area contributed by atoms with Crippen molar-refractivity contribution in [3.05, 3.63) is 0 Å². The summed E-state index contributed by atoms with van der Waals surface area (Å²) in [5.41, 5.74) is 0. The number of likely N-dealkylation sites (tertiary alicyclic amines) is 1. The van der Waals surface area contributed by atoms with Crippen molar-refractivity contribution in [1.29, 1.82) is 0 Å². The van der Waals surface area contributed by atoms with Crippen LogP contribution in [0.2, 0.25) is 0 Å². The van der Waals surface area contributed by atoms with Crippen LogP contribution in [-0.4, -0.2) is 36.5 Å². The van der Waals surface area contributed by atoms with Gasteiger partial charge >= 0.3 is 0 Å². The van der Waals surface area contributed by atoms with Gasteiger partial charge in [0.05, 0.1) is 0 Å². The zero-order valence-corrected chi connectivity index (χ0v) is 8.25. The first-order valence-electron chi connectivity index (χ1n) is 5.26. The Morgan fingerprint density at radius 2 is 2.23 bits per heavy atom. The summed E-state index contributed by atoms with van der Waals surface area (Å²) in [5.74, 6) is 0.946. The fourth-order valence-corrected chi connectivity index (χ4v) is 2.47. The highest BCUT2D eigenvalue weighted by Gasteiger charge is 2.33. The molecule has 0 aromatic heterocycles. The summed E-state index contributed by atoms with van der Waals surface area (Å²) in [7, 11) is 0. The highest BCUT2D eigenvalue weighted by Crippen LogP contribution is 2.24. The lowest BCUT2D eigenvalue weighted by atomic mass is 9.99. The minimum Gasteiger partial charge on any atom is -0.341 e. The van der Waals surface area contributed by atoms with Gasteiger partial charge in [0.1, 0.15) is 0 Å². The summed E-state index contributed by atoms with van der Waals surface area (Å²) in [6, 6.07) is 0.575. The monoisotopic (exact) mass is 182 g/mol. The number of fused-ring (bicyclic) bond motifs is 1. The first kappa shape index (κ1) is 9.00. The summed E-state index contributed by atoms with van der Waals surface area (Å²) < 4.78 is 0. The number of amides is 1. The smallest absolute Gasteiger partial charge is 0.219 e. The molecule has 0 aliphatic carbocycles. The maximum absolute atomic E-state index is 11.2. The second kappa shape index (κ2) is 3.66. The summed E-state index contributed by atoms with van der Waals surface area (Å²) in [6.45, 7) is 4.71. The van der Waals surface area contributed by atoms with E-state index in [1.54, 1.807) is 6.92 Å². The van der Waals surface area contributed by atoms with Crippen LogP contribution in [0.1, 0.15) is 26.2 Å². The molecule has 0 unspecified atom stereocenters. The fraction of sp³-hybridized carbons (Fsp3) is 0.900. The number of carbonyl (C=O) groups excluding carboxylic acids is 1. The van der Waals surface area contributed by atoms with E-state index in [-0.39, 0.29) is 5.91 Å². The third kappa shape index (κ3) is 1.85. The largest absolute Gasteiger partial charge is 0.341 e. The van der Waals surface area contributed by atoms with Gasteiger partial charge in [-0.3, -0.25) is 4.79 Å². The molecule has 0 saturated carbocycles. The number of hydrogen-bond donors (Lipinski definition) is 1. The van der Waals surface area contributed by atoms with Crippen LogP contribution < -0.4 is 5.32 Å². The van der Waals surface area contributed by atoms with Crippen molar-refractivity contribution in [2.24, 2.45) is 5.92 Å². The Morgan fingerprint density at radius 1 is 1.38 bits per heavy atom. The van der Waals surface area contributed by atoms with Crippen LogP contribution in [-0.2, 0) is 4.79 Å². The molecule has 0 aromatic rings. The van der Waals surface area contributed by atoms with Gasteiger partial charge in [-0.05, 0) is 25.3 Å². The van der Waals surface area contributed by atoms with Gasteiger partial charge in [-0.2, -0.15) is 0 Å². The van der Waals surface area contributed by atoms with Gasteiger partial charge < -0.3 is 10.2 Å². The van der Waals surface area contributed by atoms with Gasteiger partial charge in [-0.25, -0.2) is 0 Å². The molecule has 2 aliphatic rings. The lowest BCUT2D eigenvalue weighted by molar-refractivity contribution is -0.128. The topological polar surface area (TPSA) is 32.3 Å². The van der Waals surface area contributed by atoms with Crippen molar-refractivity contribution in [3.8, 4) is 0 Å². The lowest BCUT2D eigenvalue weighted by Gasteiger charge is -2.14. The molecule has 0 bridgehead atoms. The van der Waals surface area contributed by atoms with E-state index in [4.69, 9.17) is 0 Å². The van der Waals surface area contributed by atoms with Crippen LogP contribution in [0.4, 0.5) is 0 Å². The number of nitrogens with one attached hydrogen (secondary N) is 1. The molecule has 3 heteroatoms. The van der Waals surface area contributed by atoms with E-state index >= 15 is 0 Å². The third-order valence-corrected chi connectivity index (χ3v) is 3.29. The summed E-state index contributed by atoms with van der Waals surface area (Å²) in [4.78, 5) is 13.2. The molecule has 0 spiro atoms. The van der Waals surface area contributed by atoms with Crippen LogP contribution in [0.25, 0.3) is 0 Å². The summed E-state index contributed by atoms with van der Waals surface area (Å²) >= 11 is 0. The van der Waals surface area contributed by atoms with Crippen molar-refractivity contribution < 1.29 is 4.79 Å². The van der Waals surface area contributed by atoms with Gasteiger partial charge in [-0.15, -0.1) is 0 Å². The Hall–Kier alpha value is -0.570.